The van der Waals surface area contributed by atoms with Crippen LogP contribution in [0.4, 0.5) is 5.82 Å². The Morgan fingerprint density at radius 2 is 1.87 bits per heavy atom. The summed E-state index contributed by atoms with van der Waals surface area (Å²) in [6, 6.07) is 16.5. The molecule has 0 spiro atoms. The highest BCUT2D eigenvalue weighted by Gasteiger charge is 2.22. The summed E-state index contributed by atoms with van der Waals surface area (Å²) in [5.74, 6) is 0.795. The van der Waals surface area contributed by atoms with E-state index in [0.29, 0.717) is 12.2 Å². The zero-order chi connectivity index (χ0) is 20.6. The molecule has 2 aliphatic heterocycles. The Morgan fingerprint density at radius 1 is 1.03 bits per heavy atom. The summed E-state index contributed by atoms with van der Waals surface area (Å²) in [6.45, 7) is 6.79. The zero-order valence-electron chi connectivity index (χ0n) is 17.7. The molecule has 1 amide bonds. The molecule has 1 atom stereocenters. The van der Waals surface area contributed by atoms with E-state index in [9.17, 15) is 4.79 Å². The molecule has 3 heterocycles. The van der Waals surface area contributed by atoms with Crippen LogP contribution in [0.3, 0.4) is 0 Å². The quantitative estimate of drug-likeness (QED) is 0.691. The first-order valence-electron chi connectivity index (χ1n) is 11.3. The van der Waals surface area contributed by atoms with E-state index < -0.39 is 0 Å². The van der Waals surface area contributed by atoms with E-state index in [4.69, 9.17) is 0 Å². The van der Waals surface area contributed by atoms with Crippen molar-refractivity contribution in [1.82, 2.24) is 20.5 Å². The Kier molecular flexibility index (Phi) is 7.32. The van der Waals surface area contributed by atoms with Crippen LogP contribution < -0.4 is 15.5 Å². The van der Waals surface area contributed by atoms with Crippen molar-refractivity contribution in [2.24, 2.45) is 0 Å². The SMILES string of the molecule is O=C(NCCCN1CCCCC1)c1cccc(N2CCN[C@H](c3ccccc3)C2)n1. The molecule has 2 aromatic rings. The maximum Gasteiger partial charge on any atom is 0.269 e. The molecule has 2 aliphatic rings. The van der Waals surface area contributed by atoms with Crippen molar-refractivity contribution in [2.75, 3.05) is 50.7 Å². The van der Waals surface area contributed by atoms with Crippen LogP contribution in [0.5, 0.6) is 0 Å². The van der Waals surface area contributed by atoms with Gasteiger partial charge in [0.15, 0.2) is 0 Å². The normalized spacial score (nSPS) is 20.1. The molecule has 0 radical (unpaired) electrons. The van der Waals surface area contributed by atoms with Gasteiger partial charge in [0, 0.05) is 32.2 Å². The topological polar surface area (TPSA) is 60.5 Å². The Bertz CT molecular complexity index is 806. The van der Waals surface area contributed by atoms with Crippen LogP contribution in [-0.2, 0) is 0 Å². The monoisotopic (exact) mass is 407 g/mol. The fraction of sp³-hybridized carbons (Fsp3) is 0.500. The predicted molar refractivity (Wildman–Crippen MR) is 121 cm³/mol. The summed E-state index contributed by atoms with van der Waals surface area (Å²) in [5, 5.41) is 6.63. The van der Waals surface area contributed by atoms with Gasteiger partial charge in [0.05, 0.1) is 0 Å². The second-order valence-corrected chi connectivity index (χ2v) is 8.26. The first kappa shape index (κ1) is 20.8. The fourth-order valence-electron chi connectivity index (χ4n) is 4.37. The highest BCUT2D eigenvalue weighted by molar-refractivity contribution is 5.92. The number of piperidine rings is 1. The third-order valence-electron chi connectivity index (χ3n) is 6.05. The summed E-state index contributed by atoms with van der Waals surface area (Å²) in [5.41, 5.74) is 1.78. The number of nitrogens with one attached hydrogen (secondary N) is 2. The minimum atomic E-state index is -0.0785. The Hall–Kier alpha value is -2.44. The average Bonchev–Trinajstić information content (AvgIpc) is 2.83. The Morgan fingerprint density at radius 3 is 2.70 bits per heavy atom. The van der Waals surface area contributed by atoms with Crippen LogP contribution in [0.1, 0.15) is 47.8 Å². The molecule has 0 saturated carbocycles. The lowest BCUT2D eigenvalue weighted by molar-refractivity contribution is 0.0946. The van der Waals surface area contributed by atoms with Gasteiger partial charge in [-0.3, -0.25) is 4.79 Å². The number of rotatable bonds is 7. The van der Waals surface area contributed by atoms with Crippen molar-refractivity contribution in [3.8, 4) is 0 Å². The van der Waals surface area contributed by atoms with Crippen molar-refractivity contribution in [2.45, 2.75) is 31.7 Å². The van der Waals surface area contributed by atoms with E-state index in [1.54, 1.807) is 6.07 Å². The lowest BCUT2D eigenvalue weighted by atomic mass is 10.0. The number of anilines is 1. The van der Waals surface area contributed by atoms with Crippen molar-refractivity contribution in [3.63, 3.8) is 0 Å². The van der Waals surface area contributed by atoms with Gasteiger partial charge in [-0.05, 0) is 56.6 Å². The van der Waals surface area contributed by atoms with Crippen molar-refractivity contribution < 1.29 is 4.79 Å². The van der Waals surface area contributed by atoms with E-state index in [1.807, 2.05) is 18.2 Å². The van der Waals surface area contributed by atoms with Crippen LogP contribution in [-0.4, -0.2) is 61.6 Å². The molecule has 2 saturated heterocycles. The lowest BCUT2D eigenvalue weighted by Gasteiger charge is -2.35. The molecule has 0 unspecified atom stereocenters. The molecular weight excluding hydrogens is 374 g/mol. The lowest BCUT2D eigenvalue weighted by Crippen LogP contribution is -2.46. The highest BCUT2D eigenvalue weighted by Crippen LogP contribution is 2.21. The maximum absolute atomic E-state index is 12.6. The summed E-state index contributed by atoms with van der Waals surface area (Å²) in [6.07, 6.45) is 4.96. The summed E-state index contributed by atoms with van der Waals surface area (Å²) in [4.78, 5) is 22.0. The van der Waals surface area contributed by atoms with Gasteiger partial charge in [-0.2, -0.15) is 0 Å². The second kappa shape index (κ2) is 10.5. The minimum absolute atomic E-state index is 0.0785. The van der Waals surface area contributed by atoms with E-state index in [0.717, 1.165) is 38.4 Å². The van der Waals surface area contributed by atoms with Crippen molar-refractivity contribution >= 4 is 11.7 Å². The van der Waals surface area contributed by atoms with Gasteiger partial charge in [-0.15, -0.1) is 0 Å². The Balaban J connectivity index is 1.30. The predicted octanol–water partition coefficient (Wildman–Crippen LogP) is 2.84. The second-order valence-electron chi connectivity index (χ2n) is 8.26. The molecule has 6 nitrogen and oxygen atoms in total. The number of benzene rings is 1. The van der Waals surface area contributed by atoms with Gasteiger partial charge >= 0.3 is 0 Å². The van der Waals surface area contributed by atoms with Crippen LogP contribution in [0.2, 0.25) is 0 Å². The molecule has 6 heteroatoms. The minimum Gasteiger partial charge on any atom is -0.353 e. The number of aromatic nitrogens is 1. The van der Waals surface area contributed by atoms with E-state index in [1.165, 1.54) is 37.9 Å². The highest BCUT2D eigenvalue weighted by atomic mass is 16.1. The summed E-state index contributed by atoms with van der Waals surface area (Å²) in [7, 11) is 0. The maximum atomic E-state index is 12.6. The number of carbonyl (C=O) groups is 1. The van der Waals surface area contributed by atoms with E-state index >= 15 is 0 Å². The third-order valence-corrected chi connectivity index (χ3v) is 6.05. The van der Waals surface area contributed by atoms with Gasteiger partial charge < -0.3 is 20.4 Å². The first-order valence-corrected chi connectivity index (χ1v) is 11.3. The van der Waals surface area contributed by atoms with Crippen molar-refractivity contribution in [1.29, 1.82) is 0 Å². The van der Waals surface area contributed by atoms with Crippen LogP contribution in [0, 0.1) is 0 Å². The van der Waals surface area contributed by atoms with Gasteiger partial charge in [0.25, 0.3) is 5.91 Å². The number of amides is 1. The first-order chi connectivity index (χ1) is 14.8. The smallest absolute Gasteiger partial charge is 0.269 e. The number of hydrogen-bond donors (Lipinski definition) is 2. The van der Waals surface area contributed by atoms with Crippen LogP contribution in [0.15, 0.2) is 48.5 Å². The largest absolute Gasteiger partial charge is 0.353 e. The molecule has 160 valence electrons. The zero-order valence-corrected chi connectivity index (χ0v) is 17.7. The average molecular weight is 408 g/mol. The number of hydrogen-bond acceptors (Lipinski definition) is 5. The molecule has 2 N–H and O–H groups in total. The molecule has 4 rings (SSSR count). The van der Waals surface area contributed by atoms with Gasteiger partial charge in [0.1, 0.15) is 11.5 Å². The standard InChI is InChI=1S/C24H33N5O/c30-24(26-13-8-17-28-15-5-2-6-16-28)21-11-7-12-23(27-21)29-18-14-25-22(19-29)20-9-3-1-4-10-20/h1,3-4,7,9-12,22,25H,2,5-6,8,13-19H2,(H,26,30)/t22-/m0/s1. The molecule has 0 aliphatic carbocycles. The Labute approximate surface area is 179 Å². The van der Waals surface area contributed by atoms with Crippen LogP contribution >= 0.6 is 0 Å². The fourth-order valence-corrected chi connectivity index (χ4v) is 4.37. The number of pyridine rings is 1. The van der Waals surface area contributed by atoms with Gasteiger partial charge in [-0.1, -0.05) is 42.8 Å². The molecular formula is C24H33N5O. The number of carbonyl (C=O) groups excluding carboxylic acids is 1. The number of piperazine rings is 1. The van der Waals surface area contributed by atoms with Gasteiger partial charge in [-0.25, -0.2) is 4.98 Å². The molecule has 2 fully saturated rings. The number of likely N-dealkylation sites (tertiary alicyclic amines) is 1. The molecule has 30 heavy (non-hydrogen) atoms. The van der Waals surface area contributed by atoms with E-state index in [-0.39, 0.29) is 11.9 Å². The third kappa shape index (κ3) is 5.58. The summed E-state index contributed by atoms with van der Waals surface area (Å²) < 4.78 is 0. The number of nitrogens with zero attached hydrogens (tertiary/aromatic N) is 3. The van der Waals surface area contributed by atoms with Gasteiger partial charge in [0.2, 0.25) is 0 Å². The van der Waals surface area contributed by atoms with Crippen molar-refractivity contribution in [3.05, 3.63) is 59.8 Å². The molecule has 1 aromatic heterocycles. The molecule has 1 aromatic carbocycles. The molecule has 0 bridgehead atoms. The van der Waals surface area contributed by atoms with Crippen LogP contribution in [0.25, 0.3) is 0 Å². The van der Waals surface area contributed by atoms with E-state index in [2.05, 4.69) is 49.7 Å². The summed E-state index contributed by atoms with van der Waals surface area (Å²) >= 11 is 0.